The molecule has 2 heterocycles. The molecule has 0 aromatic heterocycles. The van der Waals surface area contributed by atoms with Crippen LogP contribution in [0.1, 0.15) is 34.1 Å². The fourth-order valence-corrected chi connectivity index (χ4v) is 2.90. The van der Waals surface area contributed by atoms with E-state index in [1.54, 1.807) is 0 Å². The Kier molecular flexibility index (Phi) is 4.11. The van der Waals surface area contributed by atoms with E-state index >= 15 is 0 Å². The highest BCUT2D eigenvalue weighted by Crippen LogP contribution is 2.25. The van der Waals surface area contributed by atoms with Gasteiger partial charge in [-0.25, -0.2) is 0 Å². The molecule has 2 saturated heterocycles. The van der Waals surface area contributed by atoms with E-state index in [0.29, 0.717) is 17.6 Å². The van der Waals surface area contributed by atoms with Crippen LogP contribution in [0.25, 0.3) is 0 Å². The van der Waals surface area contributed by atoms with Gasteiger partial charge in [-0.2, -0.15) is 0 Å². The lowest BCUT2D eigenvalue weighted by molar-refractivity contribution is 0.0762. The van der Waals surface area contributed by atoms with E-state index in [2.05, 4.69) is 37.9 Å². The number of hydrogen-bond donors (Lipinski definition) is 1. The van der Waals surface area contributed by atoms with Crippen molar-refractivity contribution in [2.45, 2.75) is 46.3 Å². The molecule has 0 bridgehead atoms. The predicted octanol–water partition coefficient (Wildman–Crippen LogP) is 1.73. The van der Waals surface area contributed by atoms with Gasteiger partial charge in [-0.05, 0) is 24.7 Å². The van der Waals surface area contributed by atoms with Gasteiger partial charge < -0.3 is 15.0 Å². The summed E-state index contributed by atoms with van der Waals surface area (Å²) in [5.74, 6) is 0.744. The maximum atomic E-state index is 5.66. The highest BCUT2D eigenvalue weighted by Gasteiger charge is 2.32. The van der Waals surface area contributed by atoms with Crippen LogP contribution < -0.4 is 5.32 Å². The van der Waals surface area contributed by atoms with Crippen LogP contribution in [0.5, 0.6) is 0 Å². The Labute approximate surface area is 106 Å². The van der Waals surface area contributed by atoms with Gasteiger partial charge >= 0.3 is 0 Å². The molecule has 3 unspecified atom stereocenters. The van der Waals surface area contributed by atoms with Crippen molar-refractivity contribution in [1.29, 1.82) is 0 Å². The van der Waals surface area contributed by atoms with Crippen molar-refractivity contribution in [2.75, 3.05) is 32.8 Å². The molecule has 2 aliphatic heterocycles. The highest BCUT2D eigenvalue weighted by atomic mass is 16.5. The minimum absolute atomic E-state index is 0.358. The molecule has 1 N–H and O–H groups in total. The van der Waals surface area contributed by atoms with Crippen molar-refractivity contribution in [2.24, 2.45) is 11.3 Å². The highest BCUT2D eigenvalue weighted by molar-refractivity contribution is 4.88. The molecular weight excluding hydrogens is 212 g/mol. The first kappa shape index (κ1) is 13.3. The Morgan fingerprint density at radius 3 is 2.71 bits per heavy atom. The van der Waals surface area contributed by atoms with Gasteiger partial charge in [-0.3, -0.25) is 0 Å². The molecule has 0 radical (unpaired) electrons. The molecule has 2 fully saturated rings. The average Bonchev–Trinajstić information content (AvgIpc) is 2.64. The predicted molar refractivity (Wildman–Crippen MR) is 71.2 cm³/mol. The zero-order valence-corrected chi connectivity index (χ0v) is 11.8. The van der Waals surface area contributed by atoms with Crippen molar-refractivity contribution in [3.63, 3.8) is 0 Å². The first-order valence-electron chi connectivity index (χ1n) is 7.04. The van der Waals surface area contributed by atoms with Gasteiger partial charge in [0.05, 0.1) is 6.10 Å². The van der Waals surface area contributed by atoms with Crippen molar-refractivity contribution < 1.29 is 4.74 Å². The summed E-state index contributed by atoms with van der Waals surface area (Å²) in [7, 11) is 0. The molecule has 2 rings (SSSR count). The number of hydrogen-bond acceptors (Lipinski definition) is 3. The Hall–Kier alpha value is -0.120. The number of piperazine rings is 1. The van der Waals surface area contributed by atoms with Gasteiger partial charge in [-0.1, -0.05) is 20.8 Å². The van der Waals surface area contributed by atoms with Crippen LogP contribution in [0.3, 0.4) is 0 Å². The van der Waals surface area contributed by atoms with Gasteiger partial charge in [-0.15, -0.1) is 0 Å². The smallest absolute Gasteiger partial charge is 0.0588 e. The molecule has 0 aromatic rings. The Bertz CT molecular complexity index is 247. The van der Waals surface area contributed by atoms with E-state index in [4.69, 9.17) is 4.74 Å². The lowest BCUT2D eigenvalue weighted by Gasteiger charge is -2.41. The lowest BCUT2D eigenvalue weighted by atomic mass is 9.85. The fourth-order valence-electron chi connectivity index (χ4n) is 2.90. The second-order valence-electron chi connectivity index (χ2n) is 6.76. The summed E-state index contributed by atoms with van der Waals surface area (Å²) in [4.78, 5) is 2.63. The second kappa shape index (κ2) is 5.25. The molecule has 2 aliphatic rings. The standard InChI is InChI=1S/C14H28N2O/c1-11-12(5-8-17-11)9-16-7-6-15-13(10-16)14(2,3)4/h11-13,15H,5-10H2,1-4H3. The minimum Gasteiger partial charge on any atom is -0.378 e. The summed E-state index contributed by atoms with van der Waals surface area (Å²) in [6, 6.07) is 0.619. The number of nitrogens with one attached hydrogen (secondary N) is 1. The summed E-state index contributed by atoms with van der Waals surface area (Å²) in [5, 5.41) is 3.65. The maximum Gasteiger partial charge on any atom is 0.0588 e. The number of rotatable bonds is 2. The Morgan fingerprint density at radius 2 is 2.12 bits per heavy atom. The van der Waals surface area contributed by atoms with Gasteiger partial charge in [0.15, 0.2) is 0 Å². The number of nitrogens with zero attached hydrogens (tertiary/aromatic N) is 1. The summed E-state index contributed by atoms with van der Waals surface area (Å²) < 4.78 is 5.66. The van der Waals surface area contributed by atoms with E-state index in [-0.39, 0.29) is 0 Å². The molecule has 3 heteroatoms. The summed E-state index contributed by atoms with van der Waals surface area (Å²) in [5.41, 5.74) is 0.358. The fraction of sp³-hybridized carbons (Fsp3) is 1.00. The Morgan fingerprint density at radius 1 is 1.35 bits per heavy atom. The third-order valence-electron chi connectivity index (χ3n) is 4.33. The van der Waals surface area contributed by atoms with E-state index in [0.717, 1.165) is 19.1 Å². The Balaban J connectivity index is 1.85. The van der Waals surface area contributed by atoms with Crippen molar-refractivity contribution >= 4 is 0 Å². The topological polar surface area (TPSA) is 24.5 Å². The van der Waals surface area contributed by atoms with Crippen LogP contribution in [-0.4, -0.2) is 49.8 Å². The zero-order chi connectivity index (χ0) is 12.5. The lowest BCUT2D eigenvalue weighted by Crippen LogP contribution is -2.56. The van der Waals surface area contributed by atoms with Crippen LogP contribution in [-0.2, 0) is 4.74 Å². The first-order valence-corrected chi connectivity index (χ1v) is 7.04. The molecule has 17 heavy (non-hydrogen) atoms. The minimum atomic E-state index is 0.358. The molecule has 0 amide bonds. The van der Waals surface area contributed by atoms with Crippen LogP contribution in [0, 0.1) is 11.3 Å². The quantitative estimate of drug-likeness (QED) is 0.795. The normalized spacial score (nSPS) is 36.4. The van der Waals surface area contributed by atoms with E-state index in [9.17, 15) is 0 Å². The van der Waals surface area contributed by atoms with E-state index in [1.807, 2.05) is 0 Å². The maximum absolute atomic E-state index is 5.66. The number of ether oxygens (including phenoxy) is 1. The van der Waals surface area contributed by atoms with Crippen molar-refractivity contribution in [1.82, 2.24) is 10.2 Å². The summed E-state index contributed by atoms with van der Waals surface area (Å²) >= 11 is 0. The van der Waals surface area contributed by atoms with Crippen molar-refractivity contribution in [3.05, 3.63) is 0 Å². The van der Waals surface area contributed by atoms with Crippen LogP contribution >= 0.6 is 0 Å². The molecule has 3 nitrogen and oxygen atoms in total. The monoisotopic (exact) mass is 240 g/mol. The summed E-state index contributed by atoms with van der Waals surface area (Å²) in [6.07, 6.45) is 1.70. The van der Waals surface area contributed by atoms with E-state index in [1.165, 1.54) is 26.1 Å². The molecule has 0 aliphatic carbocycles. The molecule has 3 atom stereocenters. The molecule has 0 aromatic carbocycles. The van der Waals surface area contributed by atoms with E-state index < -0.39 is 0 Å². The molecule has 0 saturated carbocycles. The average molecular weight is 240 g/mol. The SMILES string of the molecule is CC1OCCC1CN1CCNC(C(C)(C)C)C1. The molecule has 0 spiro atoms. The third kappa shape index (κ3) is 3.43. The third-order valence-corrected chi connectivity index (χ3v) is 4.33. The zero-order valence-electron chi connectivity index (χ0n) is 11.8. The second-order valence-corrected chi connectivity index (χ2v) is 6.76. The van der Waals surface area contributed by atoms with Gasteiger partial charge in [0.2, 0.25) is 0 Å². The van der Waals surface area contributed by atoms with Crippen LogP contribution in [0.15, 0.2) is 0 Å². The van der Waals surface area contributed by atoms with Gasteiger partial charge in [0, 0.05) is 38.8 Å². The van der Waals surface area contributed by atoms with Crippen LogP contribution in [0.4, 0.5) is 0 Å². The van der Waals surface area contributed by atoms with Gasteiger partial charge in [0.25, 0.3) is 0 Å². The van der Waals surface area contributed by atoms with Crippen LogP contribution in [0.2, 0.25) is 0 Å². The van der Waals surface area contributed by atoms with Crippen molar-refractivity contribution in [3.8, 4) is 0 Å². The van der Waals surface area contributed by atoms with Gasteiger partial charge in [0.1, 0.15) is 0 Å². The largest absolute Gasteiger partial charge is 0.378 e. The summed E-state index contributed by atoms with van der Waals surface area (Å²) in [6.45, 7) is 14.9. The molecule has 100 valence electrons. The molecular formula is C14H28N2O. The first-order chi connectivity index (χ1) is 7.97.